The molecule has 10 heteroatoms. The van der Waals surface area contributed by atoms with Crippen molar-refractivity contribution in [2.45, 2.75) is 44.2 Å². The smallest absolute Gasteiger partial charge is 0.410 e. The monoisotopic (exact) mass is 634 g/mol. The predicted octanol–water partition coefficient (Wildman–Crippen LogP) is 5.02. The van der Waals surface area contributed by atoms with Gasteiger partial charge in [0.1, 0.15) is 24.7 Å². The van der Waals surface area contributed by atoms with E-state index in [1.807, 2.05) is 66.7 Å². The lowest BCUT2D eigenvalue weighted by atomic mass is 9.84. The molecule has 2 aliphatic rings. The lowest BCUT2D eigenvalue weighted by molar-refractivity contribution is -0.0928. The van der Waals surface area contributed by atoms with Gasteiger partial charge in [0.15, 0.2) is 0 Å². The maximum Gasteiger partial charge on any atom is 0.410 e. The van der Waals surface area contributed by atoms with Crippen LogP contribution in [0, 0.1) is 0 Å². The van der Waals surface area contributed by atoms with Gasteiger partial charge in [0.25, 0.3) is 0 Å². The highest BCUT2D eigenvalue weighted by atomic mass is 16.6. The van der Waals surface area contributed by atoms with E-state index < -0.39 is 12.2 Å². The number of hydrogen-bond acceptors (Lipinski definition) is 9. The van der Waals surface area contributed by atoms with E-state index in [9.17, 15) is 9.90 Å². The van der Waals surface area contributed by atoms with Crippen LogP contribution in [0.5, 0.6) is 11.5 Å². The molecule has 10 nitrogen and oxygen atoms in total. The molecule has 0 unspecified atom stereocenters. The van der Waals surface area contributed by atoms with Gasteiger partial charge in [-0.3, -0.25) is 0 Å². The number of carbonyl (C=O) groups excluding carboxylic acids is 1. The molecule has 1 N–H and O–H groups in total. The van der Waals surface area contributed by atoms with E-state index in [0.29, 0.717) is 45.9 Å². The van der Waals surface area contributed by atoms with Gasteiger partial charge in [-0.25, -0.2) is 4.79 Å². The van der Waals surface area contributed by atoms with Crippen LogP contribution in [0.15, 0.2) is 72.8 Å². The number of amides is 1. The van der Waals surface area contributed by atoms with Crippen LogP contribution in [0.4, 0.5) is 10.5 Å². The molecule has 3 atom stereocenters. The number of likely N-dealkylation sites (tertiary alicyclic amines) is 1. The van der Waals surface area contributed by atoms with Crippen molar-refractivity contribution in [1.82, 2.24) is 4.90 Å². The first-order chi connectivity index (χ1) is 22.6. The highest BCUT2D eigenvalue weighted by Gasteiger charge is 2.41. The lowest BCUT2D eigenvalue weighted by Gasteiger charge is -2.43. The Kier molecular flexibility index (Phi) is 12.5. The van der Waals surface area contributed by atoms with E-state index >= 15 is 0 Å². The van der Waals surface area contributed by atoms with E-state index in [4.69, 9.17) is 28.4 Å². The zero-order valence-corrected chi connectivity index (χ0v) is 26.8. The van der Waals surface area contributed by atoms with Crippen LogP contribution in [-0.4, -0.2) is 95.1 Å². The molecule has 46 heavy (non-hydrogen) atoms. The summed E-state index contributed by atoms with van der Waals surface area (Å²) < 4.78 is 35.4. The molecular formula is C36H46N2O8. The maximum atomic E-state index is 13.4. The van der Waals surface area contributed by atoms with Crippen LogP contribution in [0.25, 0.3) is 0 Å². The normalized spacial score (nSPS) is 19.3. The first-order valence-corrected chi connectivity index (χ1v) is 16.0. The van der Waals surface area contributed by atoms with Gasteiger partial charge < -0.3 is 43.3 Å². The molecule has 0 aromatic heterocycles. The number of piperidine rings is 1. The molecule has 1 saturated heterocycles. The third kappa shape index (κ3) is 8.91. The quantitative estimate of drug-likeness (QED) is 0.231. The Balaban J connectivity index is 1.37. The Bertz CT molecular complexity index is 1360. The molecule has 5 rings (SSSR count). The summed E-state index contributed by atoms with van der Waals surface area (Å²) in [6, 6.07) is 23.7. The minimum atomic E-state index is -0.418. The van der Waals surface area contributed by atoms with E-state index in [0.717, 1.165) is 53.4 Å². The number of fused-ring (bicyclic) bond motifs is 1. The van der Waals surface area contributed by atoms with Crippen molar-refractivity contribution in [2.75, 3.05) is 71.7 Å². The summed E-state index contributed by atoms with van der Waals surface area (Å²) in [6.07, 6.45) is 0.232. The summed E-state index contributed by atoms with van der Waals surface area (Å²) in [5.41, 5.74) is 4.01. The van der Waals surface area contributed by atoms with Gasteiger partial charge in [-0.2, -0.15) is 0 Å². The van der Waals surface area contributed by atoms with Crippen LogP contribution in [0.3, 0.4) is 0 Å². The molecule has 3 aromatic carbocycles. The van der Waals surface area contributed by atoms with Gasteiger partial charge in [0.05, 0.1) is 51.2 Å². The van der Waals surface area contributed by atoms with Gasteiger partial charge in [-0.05, 0) is 53.8 Å². The number of hydrogen-bond donors (Lipinski definition) is 1. The summed E-state index contributed by atoms with van der Waals surface area (Å²) in [6.45, 7) is 4.61. The molecule has 0 radical (unpaired) electrons. The fourth-order valence-electron chi connectivity index (χ4n) is 6.05. The fraction of sp³-hybridized carbons (Fsp3) is 0.472. The second-order valence-corrected chi connectivity index (χ2v) is 11.6. The number of methoxy groups -OCH3 is 2. The Morgan fingerprint density at radius 3 is 2.41 bits per heavy atom. The second kappa shape index (κ2) is 17.2. The van der Waals surface area contributed by atoms with Crippen molar-refractivity contribution in [1.29, 1.82) is 0 Å². The average molecular weight is 635 g/mol. The number of aliphatic hydroxyl groups is 1. The van der Waals surface area contributed by atoms with Crippen molar-refractivity contribution in [3.8, 4) is 11.5 Å². The van der Waals surface area contributed by atoms with Crippen LogP contribution >= 0.6 is 0 Å². The average Bonchev–Trinajstić information content (AvgIpc) is 3.10. The molecule has 248 valence electrons. The molecule has 0 bridgehead atoms. The predicted molar refractivity (Wildman–Crippen MR) is 175 cm³/mol. The number of ether oxygens (including phenoxy) is 6. The van der Waals surface area contributed by atoms with Gasteiger partial charge in [0.2, 0.25) is 0 Å². The molecule has 1 amide bonds. The SMILES string of the molecule is COCCCN1CCOc2ccc(CO[C@H]3CN(C(=O)OCc4ccccc4)C[C@@H](OCCCO)[C@@H]3c3ccc(OC)cc3)cc21. The summed E-state index contributed by atoms with van der Waals surface area (Å²) in [5, 5.41) is 9.46. The van der Waals surface area contributed by atoms with E-state index in [1.54, 1.807) is 19.1 Å². The minimum Gasteiger partial charge on any atom is -0.497 e. The van der Waals surface area contributed by atoms with Crippen LogP contribution in [0.1, 0.15) is 35.4 Å². The highest BCUT2D eigenvalue weighted by Crippen LogP contribution is 2.36. The van der Waals surface area contributed by atoms with Gasteiger partial charge in [-0.1, -0.05) is 48.5 Å². The van der Waals surface area contributed by atoms with Gasteiger partial charge >= 0.3 is 6.09 Å². The van der Waals surface area contributed by atoms with E-state index in [2.05, 4.69) is 11.0 Å². The number of rotatable bonds is 15. The lowest BCUT2D eigenvalue weighted by Crippen LogP contribution is -2.54. The number of anilines is 1. The molecule has 2 aliphatic heterocycles. The van der Waals surface area contributed by atoms with Crippen molar-refractivity contribution < 1.29 is 38.3 Å². The Labute approximate surface area is 271 Å². The third-order valence-electron chi connectivity index (χ3n) is 8.42. The summed E-state index contributed by atoms with van der Waals surface area (Å²) in [7, 11) is 3.36. The number of carbonyl (C=O) groups is 1. The molecule has 1 fully saturated rings. The molecule has 3 aromatic rings. The van der Waals surface area contributed by atoms with E-state index in [1.165, 1.54) is 0 Å². The molecule has 0 aliphatic carbocycles. The Morgan fingerprint density at radius 1 is 0.891 bits per heavy atom. The summed E-state index contributed by atoms with van der Waals surface area (Å²) >= 11 is 0. The van der Waals surface area contributed by atoms with Crippen LogP contribution in [-0.2, 0) is 32.2 Å². The van der Waals surface area contributed by atoms with Crippen molar-refractivity contribution in [3.05, 3.63) is 89.5 Å². The Morgan fingerprint density at radius 2 is 1.67 bits per heavy atom. The molecule has 0 saturated carbocycles. The fourth-order valence-corrected chi connectivity index (χ4v) is 6.05. The topological polar surface area (TPSA) is 99.2 Å². The first-order valence-electron chi connectivity index (χ1n) is 16.0. The Hall–Kier alpha value is -3.83. The molecular weight excluding hydrogens is 588 g/mol. The van der Waals surface area contributed by atoms with Crippen LogP contribution in [0.2, 0.25) is 0 Å². The van der Waals surface area contributed by atoms with E-state index in [-0.39, 0.29) is 25.2 Å². The minimum absolute atomic E-state index is 0.0210. The molecule has 2 heterocycles. The molecule has 0 spiro atoms. The van der Waals surface area contributed by atoms with Gasteiger partial charge in [-0.15, -0.1) is 0 Å². The zero-order valence-electron chi connectivity index (χ0n) is 26.8. The second-order valence-electron chi connectivity index (χ2n) is 11.6. The van der Waals surface area contributed by atoms with Crippen LogP contribution < -0.4 is 14.4 Å². The highest BCUT2D eigenvalue weighted by molar-refractivity contribution is 5.68. The number of benzene rings is 3. The van der Waals surface area contributed by atoms with Crippen molar-refractivity contribution in [2.24, 2.45) is 0 Å². The largest absolute Gasteiger partial charge is 0.497 e. The first kappa shape index (κ1) is 33.5. The summed E-state index contributed by atoms with van der Waals surface area (Å²) in [5.74, 6) is 1.45. The van der Waals surface area contributed by atoms with Crippen molar-refractivity contribution in [3.63, 3.8) is 0 Å². The number of nitrogens with zero attached hydrogens (tertiary/aromatic N) is 2. The van der Waals surface area contributed by atoms with Gasteiger partial charge in [0, 0.05) is 39.4 Å². The standard InChI is InChI=1S/C36H46N2O8/c1-41-19-6-16-37-17-21-44-32-15-10-28(22-31(32)37)26-45-34-24-38(36(40)46-25-27-8-4-3-5-9-27)23-33(43-20-7-18-39)35(34)29-11-13-30(42-2)14-12-29/h3-5,8-15,22,33-35,39H,6-7,16-21,23-26H2,1-2H3/t33-,34+,35+/m1/s1. The third-order valence-corrected chi connectivity index (χ3v) is 8.42. The van der Waals surface area contributed by atoms with Crippen molar-refractivity contribution >= 4 is 11.8 Å². The maximum absolute atomic E-state index is 13.4. The zero-order chi connectivity index (χ0) is 32.1. The number of aliphatic hydroxyl groups excluding tert-OH is 1. The summed E-state index contributed by atoms with van der Waals surface area (Å²) in [4.78, 5) is 17.4.